The molecule has 2 N–H and O–H groups in total. The number of carbonyl (C=O) groups is 2. The second kappa shape index (κ2) is 4.09. The van der Waals surface area contributed by atoms with Crippen LogP contribution < -0.4 is 20.5 Å². The molecule has 0 saturated carbocycles. The summed E-state index contributed by atoms with van der Waals surface area (Å²) in [5, 5.41) is 3.61. The normalized spacial score (nSPS) is 15.4. The molecule has 1 aromatic carbocycles. The Hall–Kier alpha value is -2.24. The van der Waals surface area contributed by atoms with E-state index >= 15 is 0 Å². The average Bonchev–Trinajstić information content (AvgIpc) is 2.28. The summed E-state index contributed by atoms with van der Waals surface area (Å²) in [4.78, 5) is 22.3. The van der Waals surface area contributed by atoms with Crippen LogP contribution in [-0.4, -0.2) is 25.6 Å². The van der Waals surface area contributed by atoms with Gasteiger partial charge in [0.05, 0.1) is 12.8 Å². The predicted octanol–water partition coefficient (Wildman–Crippen LogP) is 0.256. The second-order valence-electron chi connectivity index (χ2n) is 3.28. The zero-order valence-electron chi connectivity index (χ0n) is 8.69. The molecule has 1 aliphatic heterocycles. The number of methoxy groups -OCH3 is 1. The first kappa shape index (κ1) is 10.3. The van der Waals surface area contributed by atoms with Gasteiger partial charge in [0.1, 0.15) is 12.3 Å². The van der Waals surface area contributed by atoms with Crippen molar-refractivity contribution >= 4 is 17.6 Å². The van der Waals surface area contributed by atoms with E-state index in [2.05, 4.69) is 10.7 Å². The van der Waals surface area contributed by atoms with Crippen molar-refractivity contribution in [3.05, 3.63) is 24.3 Å². The van der Waals surface area contributed by atoms with Crippen molar-refractivity contribution in [1.29, 1.82) is 0 Å². The number of amides is 3. The minimum Gasteiger partial charge on any atom is -0.497 e. The first-order valence-electron chi connectivity index (χ1n) is 4.71. The molecule has 1 aromatic rings. The van der Waals surface area contributed by atoms with Gasteiger partial charge in [-0.15, -0.1) is 0 Å². The van der Waals surface area contributed by atoms with Crippen molar-refractivity contribution in [2.24, 2.45) is 0 Å². The van der Waals surface area contributed by atoms with Crippen molar-refractivity contribution in [2.75, 3.05) is 18.7 Å². The molecule has 2 rings (SSSR count). The highest BCUT2D eigenvalue weighted by Crippen LogP contribution is 2.19. The number of anilines is 1. The van der Waals surface area contributed by atoms with Crippen LogP contribution in [0.2, 0.25) is 0 Å². The Morgan fingerprint density at radius 1 is 1.38 bits per heavy atom. The lowest BCUT2D eigenvalue weighted by Gasteiger charge is -2.28. The number of hydrazine groups is 1. The van der Waals surface area contributed by atoms with Gasteiger partial charge < -0.3 is 4.74 Å². The van der Waals surface area contributed by atoms with Crippen LogP contribution in [-0.2, 0) is 4.79 Å². The van der Waals surface area contributed by atoms with E-state index in [1.807, 2.05) is 0 Å². The summed E-state index contributed by atoms with van der Waals surface area (Å²) in [5.41, 5.74) is 3.22. The van der Waals surface area contributed by atoms with Crippen molar-refractivity contribution in [1.82, 2.24) is 10.7 Å². The Kier molecular flexibility index (Phi) is 2.63. The van der Waals surface area contributed by atoms with Crippen molar-refractivity contribution < 1.29 is 14.3 Å². The summed E-state index contributed by atoms with van der Waals surface area (Å²) in [7, 11) is 1.56. The molecular formula is C10H11N3O3. The second-order valence-corrected chi connectivity index (χ2v) is 3.28. The van der Waals surface area contributed by atoms with Crippen LogP contribution in [0, 0.1) is 0 Å². The molecule has 1 saturated heterocycles. The summed E-state index contributed by atoms with van der Waals surface area (Å²) in [6.07, 6.45) is 0. The van der Waals surface area contributed by atoms with E-state index in [4.69, 9.17) is 4.74 Å². The number of hydrogen-bond acceptors (Lipinski definition) is 4. The number of nitrogens with one attached hydrogen (secondary N) is 2. The monoisotopic (exact) mass is 221 g/mol. The van der Waals surface area contributed by atoms with Crippen molar-refractivity contribution in [2.45, 2.75) is 0 Å². The molecule has 0 aromatic heterocycles. The van der Waals surface area contributed by atoms with Gasteiger partial charge in [-0.2, -0.15) is 0 Å². The fourth-order valence-electron chi connectivity index (χ4n) is 1.43. The molecule has 3 amide bonds. The Morgan fingerprint density at radius 3 is 2.88 bits per heavy atom. The number of imide groups is 1. The average molecular weight is 221 g/mol. The van der Waals surface area contributed by atoms with Gasteiger partial charge >= 0.3 is 6.03 Å². The van der Waals surface area contributed by atoms with Gasteiger partial charge in [-0.1, -0.05) is 6.07 Å². The molecule has 6 nitrogen and oxygen atoms in total. The summed E-state index contributed by atoms with van der Waals surface area (Å²) in [6.45, 7) is 0.0822. The fourth-order valence-corrected chi connectivity index (χ4v) is 1.43. The molecule has 0 aliphatic carbocycles. The molecule has 1 heterocycles. The number of carbonyl (C=O) groups excluding carboxylic acids is 2. The van der Waals surface area contributed by atoms with Gasteiger partial charge in [-0.3, -0.25) is 15.1 Å². The lowest BCUT2D eigenvalue weighted by atomic mass is 10.3. The Morgan fingerprint density at radius 2 is 2.19 bits per heavy atom. The minimum absolute atomic E-state index is 0.0822. The molecule has 0 radical (unpaired) electrons. The summed E-state index contributed by atoms with van der Waals surface area (Å²) < 4.78 is 5.06. The summed E-state index contributed by atoms with van der Waals surface area (Å²) in [6, 6.07) is 6.56. The van der Waals surface area contributed by atoms with Gasteiger partial charge in [-0.05, 0) is 12.1 Å². The molecule has 0 atom stereocenters. The first-order chi connectivity index (χ1) is 7.69. The maximum atomic E-state index is 11.2. The van der Waals surface area contributed by atoms with Gasteiger partial charge in [0, 0.05) is 6.07 Å². The molecule has 1 fully saturated rings. The number of benzene rings is 1. The highest BCUT2D eigenvalue weighted by atomic mass is 16.5. The first-order valence-corrected chi connectivity index (χ1v) is 4.71. The van der Waals surface area contributed by atoms with Crippen LogP contribution in [0.25, 0.3) is 0 Å². The minimum atomic E-state index is -0.529. The summed E-state index contributed by atoms with van der Waals surface area (Å²) >= 11 is 0. The summed E-state index contributed by atoms with van der Waals surface area (Å²) in [5.74, 6) is 0.323. The topological polar surface area (TPSA) is 70.7 Å². The number of rotatable bonds is 2. The van der Waals surface area contributed by atoms with Crippen LogP contribution in [0.3, 0.4) is 0 Å². The molecule has 0 bridgehead atoms. The molecule has 16 heavy (non-hydrogen) atoms. The Bertz CT molecular complexity index is 417. The standard InChI is InChI=1S/C10H11N3O3/c1-16-8-4-2-3-7(5-8)13-6-9(14)11-10(15)12-13/h2-5H,6H2,1H3,(H2,11,12,14,15). The molecule has 6 heteroatoms. The maximum absolute atomic E-state index is 11.2. The molecular weight excluding hydrogens is 210 g/mol. The third-order valence-electron chi connectivity index (χ3n) is 2.16. The molecule has 84 valence electrons. The number of hydrogen-bond donors (Lipinski definition) is 2. The van der Waals surface area contributed by atoms with E-state index in [1.54, 1.807) is 31.4 Å². The van der Waals surface area contributed by atoms with E-state index in [-0.39, 0.29) is 12.5 Å². The van der Waals surface area contributed by atoms with Crippen LogP contribution in [0.15, 0.2) is 24.3 Å². The zero-order chi connectivity index (χ0) is 11.5. The quantitative estimate of drug-likeness (QED) is 0.751. The van der Waals surface area contributed by atoms with Gasteiger partial charge in [0.25, 0.3) is 0 Å². The van der Waals surface area contributed by atoms with Crippen LogP contribution in [0.4, 0.5) is 10.5 Å². The van der Waals surface area contributed by atoms with E-state index in [9.17, 15) is 9.59 Å². The Labute approximate surface area is 92.2 Å². The SMILES string of the molecule is COc1cccc(N2CC(=O)NC(=O)N2)c1. The van der Waals surface area contributed by atoms with Crippen LogP contribution in [0.1, 0.15) is 0 Å². The largest absolute Gasteiger partial charge is 0.497 e. The molecule has 0 spiro atoms. The third-order valence-corrected chi connectivity index (χ3v) is 2.16. The highest BCUT2D eigenvalue weighted by Gasteiger charge is 2.21. The van der Waals surface area contributed by atoms with Gasteiger partial charge in [0.15, 0.2) is 0 Å². The van der Waals surface area contributed by atoms with Crippen molar-refractivity contribution in [3.63, 3.8) is 0 Å². The lowest BCUT2D eigenvalue weighted by molar-refractivity contribution is -0.119. The van der Waals surface area contributed by atoms with Crippen LogP contribution >= 0.6 is 0 Å². The zero-order valence-corrected chi connectivity index (χ0v) is 8.69. The number of nitrogens with zero attached hydrogens (tertiary/aromatic N) is 1. The van der Waals surface area contributed by atoms with Crippen LogP contribution in [0.5, 0.6) is 5.75 Å². The fraction of sp³-hybridized carbons (Fsp3) is 0.200. The van der Waals surface area contributed by atoms with Crippen molar-refractivity contribution in [3.8, 4) is 5.75 Å². The van der Waals surface area contributed by atoms with E-state index in [0.29, 0.717) is 11.4 Å². The van der Waals surface area contributed by atoms with E-state index in [1.165, 1.54) is 5.01 Å². The Balaban J connectivity index is 2.22. The molecule has 0 unspecified atom stereocenters. The molecule has 1 aliphatic rings. The predicted molar refractivity (Wildman–Crippen MR) is 57.0 cm³/mol. The van der Waals surface area contributed by atoms with Gasteiger partial charge in [0.2, 0.25) is 5.91 Å². The number of urea groups is 1. The van der Waals surface area contributed by atoms with E-state index in [0.717, 1.165) is 0 Å². The lowest BCUT2D eigenvalue weighted by Crippen LogP contribution is -2.59. The van der Waals surface area contributed by atoms with Gasteiger partial charge in [-0.25, -0.2) is 10.2 Å². The van der Waals surface area contributed by atoms with E-state index < -0.39 is 6.03 Å². The highest BCUT2D eigenvalue weighted by molar-refractivity contribution is 6.00. The number of ether oxygens (including phenoxy) is 1. The third kappa shape index (κ3) is 2.05. The maximum Gasteiger partial charge on any atom is 0.340 e. The smallest absolute Gasteiger partial charge is 0.340 e.